The van der Waals surface area contributed by atoms with Crippen molar-refractivity contribution in [3.8, 4) is 0 Å². The molecule has 1 atom stereocenters. The monoisotopic (exact) mass is 276 g/mol. The van der Waals surface area contributed by atoms with Gasteiger partial charge in [0.1, 0.15) is 0 Å². The van der Waals surface area contributed by atoms with Gasteiger partial charge in [-0.2, -0.15) is 0 Å². The molecular formula is C13H22Cl2N2. The van der Waals surface area contributed by atoms with Gasteiger partial charge >= 0.3 is 0 Å². The molecule has 1 aliphatic heterocycles. The summed E-state index contributed by atoms with van der Waals surface area (Å²) < 4.78 is 0. The van der Waals surface area contributed by atoms with E-state index in [1.54, 1.807) is 0 Å². The van der Waals surface area contributed by atoms with Crippen molar-refractivity contribution in [2.75, 3.05) is 26.2 Å². The fourth-order valence-corrected chi connectivity index (χ4v) is 2.37. The van der Waals surface area contributed by atoms with Gasteiger partial charge in [-0.3, -0.25) is 4.90 Å². The first kappa shape index (κ1) is 16.7. The fraction of sp³-hybridized carbons (Fsp3) is 0.538. The van der Waals surface area contributed by atoms with Crippen LogP contribution in [0.5, 0.6) is 0 Å². The molecule has 0 unspecified atom stereocenters. The quantitative estimate of drug-likeness (QED) is 0.914. The van der Waals surface area contributed by atoms with Crippen molar-refractivity contribution in [1.82, 2.24) is 10.2 Å². The lowest BCUT2D eigenvalue weighted by atomic mass is 10.0. The Morgan fingerprint density at radius 3 is 2.24 bits per heavy atom. The lowest BCUT2D eigenvalue weighted by Crippen LogP contribution is -2.45. The Labute approximate surface area is 117 Å². The Hall–Kier alpha value is -0.280. The van der Waals surface area contributed by atoms with Gasteiger partial charge < -0.3 is 5.32 Å². The highest BCUT2D eigenvalue weighted by molar-refractivity contribution is 5.85. The van der Waals surface area contributed by atoms with Crippen LogP contribution in [0.4, 0.5) is 0 Å². The number of halogens is 2. The molecule has 2 rings (SSSR count). The van der Waals surface area contributed by atoms with Crippen molar-refractivity contribution in [2.45, 2.75) is 19.4 Å². The topological polar surface area (TPSA) is 15.3 Å². The van der Waals surface area contributed by atoms with E-state index < -0.39 is 0 Å². The Kier molecular flexibility index (Phi) is 8.61. The normalized spacial score (nSPS) is 17.7. The number of piperazine rings is 1. The van der Waals surface area contributed by atoms with Gasteiger partial charge in [0, 0.05) is 32.2 Å². The minimum atomic E-state index is 0. The van der Waals surface area contributed by atoms with E-state index in [2.05, 4.69) is 47.5 Å². The highest BCUT2D eigenvalue weighted by Crippen LogP contribution is 2.23. The van der Waals surface area contributed by atoms with Gasteiger partial charge in [0.05, 0.1) is 0 Å². The van der Waals surface area contributed by atoms with Gasteiger partial charge in [-0.15, -0.1) is 24.8 Å². The zero-order valence-corrected chi connectivity index (χ0v) is 11.9. The molecule has 0 saturated carbocycles. The molecule has 1 aromatic carbocycles. The summed E-state index contributed by atoms with van der Waals surface area (Å²) in [6.07, 6.45) is 1.20. The van der Waals surface area contributed by atoms with E-state index in [1.807, 2.05) is 0 Å². The molecule has 1 aromatic rings. The minimum Gasteiger partial charge on any atom is -0.314 e. The van der Waals surface area contributed by atoms with E-state index in [-0.39, 0.29) is 24.8 Å². The van der Waals surface area contributed by atoms with Crippen molar-refractivity contribution in [3.05, 3.63) is 35.9 Å². The highest BCUT2D eigenvalue weighted by Gasteiger charge is 2.19. The third-order valence-electron chi connectivity index (χ3n) is 3.16. The van der Waals surface area contributed by atoms with Gasteiger partial charge in [-0.05, 0) is 12.0 Å². The Bertz CT molecular complexity index is 287. The Balaban J connectivity index is 0.00000128. The number of nitrogens with one attached hydrogen (secondary N) is 1. The maximum Gasteiger partial charge on any atom is 0.0346 e. The van der Waals surface area contributed by atoms with Crippen LogP contribution in [0.3, 0.4) is 0 Å². The number of hydrogen-bond acceptors (Lipinski definition) is 2. The lowest BCUT2D eigenvalue weighted by Gasteiger charge is -2.34. The molecule has 1 N–H and O–H groups in total. The summed E-state index contributed by atoms with van der Waals surface area (Å²) in [5.74, 6) is 0. The second kappa shape index (κ2) is 8.76. The van der Waals surface area contributed by atoms with Crippen LogP contribution >= 0.6 is 24.8 Å². The number of rotatable bonds is 3. The highest BCUT2D eigenvalue weighted by atomic mass is 35.5. The van der Waals surface area contributed by atoms with E-state index in [0.717, 1.165) is 13.1 Å². The summed E-state index contributed by atoms with van der Waals surface area (Å²) in [4.78, 5) is 2.59. The molecule has 1 heterocycles. The summed E-state index contributed by atoms with van der Waals surface area (Å²) in [7, 11) is 0. The van der Waals surface area contributed by atoms with Gasteiger partial charge in [-0.1, -0.05) is 37.3 Å². The summed E-state index contributed by atoms with van der Waals surface area (Å²) in [5.41, 5.74) is 1.46. The smallest absolute Gasteiger partial charge is 0.0346 e. The summed E-state index contributed by atoms with van der Waals surface area (Å²) in [5, 5.41) is 3.40. The average Bonchev–Trinajstić information content (AvgIpc) is 2.33. The van der Waals surface area contributed by atoms with Crippen LogP contribution in [0.2, 0.25) is 0 Å². The van der Waals surface area contributed by atoms with Crippen LogP contribution in [-0.2, 0) is 0 Å². The Morgan fingerprint density at radius 2 is 1.71 bits per heavy atom. The van der Waals surface area contributed by atoms with E-state index in [1.165, 1.54) is 25.1 Å². The van der Waals surface area contributed by atoms with E-state index >= 15 is 0 Å². The molecule has 1 aliphatic rings. The Morgan fingerprint density at radius 1 is 1.12 bits per heavy atom. The van der Waals surface area contributed by atoms with E-state index in [0.29, 0.717) is 6.04 Å². The average molecular weight is 277 g/mol. The number of nitrogens with zero attached hydrogens (tertiary/aromatic N) is 1. The zero-order valence-electron chi connectivity index (χ0n) is 10.3. The van der Waals surface area contributed by atoms with Gasteiger partial charge in [0.25, 0.3) is 0 Å². The summed E-state index contributed by atoms with van der Waals surface area (Å²) in [6, 6.07) is 11.5. The largest absolute Gasteiger partial charge is 0.314 e. The summed E-state index contributed by atoms with van der Waals surface area (Å²) in [6.45, 7) is 6.88. The molecule has 1 saturated heterocycles. The van der Waals surface area contributed by atoms with Crippen molar-refractivity contribution in [2.24, 2.45) is 0 Å². The second-order valence-electron chi connectivity index (χ2n) is 4.12. The molecule has 1 fully saturated rings. The molecule has 2 nitrogen and oxygen atoms in total. The van der Waals surface area contributed by atoms with Crippen LogP contribution in [0.15, 0.2) is 30.3 Å². The van der Waals surface area contributed by atoms with Crippen LogP contribution in [0.1, 0.15) is 24.9 Å². The van der Waals surface area contributed by atoms with Crippen LogP contribution in [-0.4, -0.2) is 31.1 Å². The second-order valence-corrected chi connectivity index (χ2v) is 4.12. The number of hydrogen-bond donors (Lipinski definition) is 1. The number of benzene rings is 1. The maximum atomic E-state index is 3.40. The first-order valence-electron chi connectivity index (χ1n) is 5.91. The van der Waals surface area contributed by atoms with Crippen LogP contribution < -0.4 is 5.32 Å². The first-order valence-corrected chi connectivity index (χ1v) is 5.91. The van der Waals surface area contributed by atoms with Gasteiger partial charge in [0.15, 0.2) is 0 Å². The molecule has 0 bridgehead atoms. The molecule has 0 aliphatic carbocycles. The van der Waals surface area contributed by atoms with E-state index in [9.17, 15) is 0 Å². The van der Waals surface area contributed by atoms with Gasteiger partial charge in [-0.25, -0.2) is 0 Å². The summed E-state index contributed by atoms with van der Waals surface area (Å²) >= 11 is 0. The molecule has 17 heavy (non-hydrogen) atoms. The standard InChI is InChI=1S/C13H20N2.2ClH/c1-2-13(12-6-4-3-5-7-12)15-10-8-14-9-11-15;;/h3-7,13-14H,2,8-11H2,1H3;2*1H/t13-;;/m1../s1. The van der Waals surface area contributed by atoms with Crippen molar-refractivity contribution < 1.29 is 0 Å². The first-order chi connectivity index (χ1) is 7.42. The predicted octanol–water partition coefficient (Wildman–Crippen LogP) is 2.89. The van der Waals surface area contributed by atoms with Crippen LogP contribution in [0, 0.1) is 0 Å². The molecule has 0 aromatic heterocycles. The fourth-order valence-electron chi connectivity index (χ4n) is 2.37. The molecule has 0 amide bonds. The van der Waals surface area contributed by atoms with Crippen molar-refractivity contribution in [3.63, 3.8) is 0 Å². The molecule has 4 heteroatoms. The molecular weight excluding hydrogens is 255 g/mol. The zero-order chi connectivity index (χ0) is 10.5. The third kappa shape index (κ3) is 4.47. The van der Waals surface area contributed by atoms with E-state index in [4.69, 9.17) is 0 Å². The molecule has 98 valence electrons. The molecule has 0 spiro atoms. The minimum absolute atomic E-state index is 0. The predicted molar refractivity (Wildman–Crippen MR) is 78.4 cm³/mol. The third-order valence-corrected chi connectivity index (χ3v) is 3.16. The molecule has 0 radical (unpaired) electrons. The lowest BCUT2D eigenvalue weighted by molar-refractivity contribution is 0.169. The van der Waals surface area contributed by atoms with Crippen molar-refractivity contribution >= 4 is 24.8 Å². The van der Waals surface area contributed by atoms with Gasteiger partial charge in [0.2, 0.25) is 0 Å². The maximum absolute atomic E-state index is 3.40. The van der Waals surface area contributed by atoms with Crippen LogP contribution in [0.25, 0.3) is 0 Å². The SMILES string of the molecule is CC[C@H](c1ccccc1)N1CCNCC1.Cl.Cl. The van der Waals surface area contributed by atoms with Crippen molar-refractivity contribution in [1.29, 1.82) is 0 Å².